The summed E-state index contributed by atoms with van der Waals surface area (Å²) < 4.78 is 37.7. The number of likely N-dealkylation sites (tertiary alicyclic amines) is 1. The molecule has 1 heterocycles. The summed E-state index contributed by atoms with van der Waals surface area (Å²) in [6.45, 7) is 3.58. The molecule has 0 radical (unpaired) electrons. The summed E-state index contributed by atoms with van der Waals surface area (Å²) in [6.07, 6.45) is -4.34. The fourth-order valence-corrected chi connectivity index (χ4v) is 1.88. The summed E-state index contributed by atoms with van der Waals surface area (Å²) in [4.78, 5) is 12.6. The number of nitrogens with zero attached hydrogens (tertiary/aromatic N) is 1. The van der Waals surface area contributed by atoms with Crippen LogP contribution in [0.5, 0.6) is 0 Å². The predicted molar refractivity (Wildman–Crippen MR) is 48.9 cm³/mol. The smallest absolute Gasteiger partial charge is 0.369 e. The first kappa shape index (κ1) is 12.3. The molecule has 1 rings (SSSR count). The molecule has 1 amide bonds. The summed E-state index contributed by atoms with van der Waals surface area (Å²) in [7, 11) is 0. The Labute approximate surface area is 86.4 Å². The third kappa shape index (κ3) is 2.62. The van der Waals surface area contributed by atoms with Crippen molar-refractivity contribution in [2.75, 3.05) is 13.1 Å². The largest absolute Gasteiger partial charge is 0.393 e. The van der Waals surface area contributed by atoms with Crippen molar-refractivity contribution in [3.8, 4) is 0 Å². The van der Waals surface area contributed by atoms with E-state index in [1.807, 2.05) is 0 Å². The lowest BCUT2D eigenvalue weighted by molar-refractivity contribution is -0.182. The lowest BCUT2D eigenvalue weighted by Crippen LogP contribution is -2.37. The molecule has 0 aliphatic carbocycles. The minimum absolute atomic E-state index is 0.000741. The van der Waals surface area contributed by atoms with Gasteiger partial charge in [-0.2, -0.15) is 13.2 Å². The maximum atomic E-state index is 12.6. The molecular formula is C9H15F3N2O. The van der Waals surface area contributed by atoms with Crippen LogP contribution < -0.4 is 5.73 Å². The predicted octanol–water partition coefficient (Wildman–Crippen LogP) is 0.990. The second-order valence-corrected chi connectivity index (χ2v) is 4.20. The Kier molecular flexibility index (Phi) is 3.28. The number of rotatable bonds is 2. The minimum Gasteiger partial charge on any atom is -0.369 e. The standard InChI is InChI=1S/C9H15F3N2O/c1-5(2)14-3-6(8(13)15)7(4-14)9(10,11)12/h5-7H,3-4H2,1-2H3,(H2,13,15)/t6-,7-/m0/s1. The number of nitrogens with two attached hydrogens (primary N) is 1. The fraction of sp³-hybridized carbons (Fsp3) is 0.889. The Morgan fingerprint density at radius 2 is 1.93 bits per heavy atom. The van der Waals surface area contributed by atoms with Crippen LogP contribution in [0.3, 0.4) is 0 Å². The van der Waals surface area contributed by atoms with Gasteiger partial charge in [-0.1, -0.05) is 0 Å². The number of hydrogen-bond acceptors (Lipinski definition) is 2. The highest BCUT2D eigenvalue weighted by Crippen LogP contribution is 2.37. The third-order valence-corrected chi connectivity index (χ3v) is 2.86. The third-order valence-electron chi connectivity index (χ3n) is 2.86. The van der Waals surface area contributed by atoms with Gasteiger partial charge in [0.05, 0.1) is 11.8 Å². The van der Waals surface area contributed by atoms with E-state index in [-0.39, 0.29) is 19.1 Å². The van der Waals surface area contributed by atoms with E-state index >= 15 is 0 Å². The molecule has 1 aliphatic rings. The molecule has 2 N–H and O–H groups in total. The molecule has 0 unspecified atom stereocenters. The van der Waals surface area contributed by atoms with Crippen LogP contribution in [-0.2, 0) is 4.79 Å². The van der Waals surface area contributed by atoms with Crippen LogP contribution in [-0.4, -0.2) is 36.1 Å². The number of hydrogen-bond donors (Lipinski definition) is 1. The van der Waals surface area contributed by atoms with Crippen molar-refractivity contribution >= 4 is 5.91 Å². The molecule has 3 nitrogen and oxygen atoms in total. The first-order valence-electron chi connectivity index (χ1n) is 4.83. The number of primary amides is 1. The van der Waals surface area contributed by atoms with Crippen molar-refractivity contribution in [2.45, 2.75) is 26.1 Å². The van der Waals surface area contributed by atoms with E-state index < -0.39 is 23.9 Å². The summed E-state index contributed by atoms with van der Waals surface area (Å²) in [5, 5.41) is 0. The molecule has 0 saturated carbocycles. The zero-order chi connectivity index (χ0) is 11.8. The number of alkyl halides is 3. The maximum absolute atomic E-state index is 12.6. The molecule has 2 atom stereocenters. The van der Waals surface area contributed by atoms with E-state index in [9.17, 15) is 18.0 Å². The number of halogens is 3. The minimum atomic E-state index is -4.34. The highest BCUT2D eigenvalue weighted by atomic mass is 19.4. The summed E-state index contributed by atoms with van der Waals surface area (Å²) in [6, 6.07) is -0.000741. The number of amides is 1. The monoisotopic (exact) mass is 224 g/mol. The van der Waals surface area contributed by atoms with Crippen LogP contribution in [0.15, 0.2) is 0 Å². The molecule has 1 fully saturated rings. The Morgan fingerprint density at radius 1 is 1.40 bits per heavy atom. The van der Waals surface area contributed by atoms with Gasteiger partial charge in [0.15, 0.2) is 0 Å². The molecule has 0 aromatic rings. The van der Waals surface area contributed by atoms with Crippen LogP contribution >= 0.6 is 0 Å². The Morgan fingerprint density at radius 3 is 2.20 bits per heavy atom. The maximum Gasteiger partial charge on any atom is 0.393 e. The first-order chi connectivity index (χ1) is 6.73. The van der Waals surface area contributed by atoms with E-state index in [2.05, 4.69) is 0 Å². The molecule has 88 valence electrons. The van der Waals surface area contributed by atoms with Gasteiger partial charge >= 0.3 is 6.18 Å². The van der Waals surface area contributed by atoms with Crippen molar-refractivity contribution in [1.82, 2.24) is 4.90 Å². The van der Waals surface area contributed by atoms with Crippen molar-refractivity contribution in [1.29, 1.82) is 0 Å². The van der Waals surface area contributed by atoms with Gasteiger partial charge in [0.25, 0.3) is 0 Å². The summed E-state index contributed by atoms with van der Waals surface area (Å²) in [5.41, 5.74) is 4.98. The summed E-state index contributed by atoms with van der Waals surface area (Å²) in [5.74, 6) is -3.58. The zero-order valence-corrected chi connectivity index (χ0v) is 8.71. The SMILES string of the molecule is CC(C)N1C[C@H](C(N)=O)[C@@H](C(F)(F)F)C1. The normalized spacial score (nSPS) is 28.7. The van der Waals surface area contributed by atoms with Crippen molar-refractivity contribution in [2.24, 2.45) is 17.6 Å². The van der Waals surface area contributed by atoms with Gasteiger partial charge < -0.3 is 5.73 Å². The van der Waals surface area contributed by atoms with Crippen LogP contribution in [0.4, 0.5) is 13.2 Å². The Balaban J connectivity index is 2.82. The second kappa shape index (κ2) is 4.00. The van der Waals surface area contributed by atoms with Crippen molar-refractivity contribution in [3.63, 3.8) is 0 Å². The quantitative estimate of drug-likeness (QED) is 0.760. The number of carbonyl (C=O) groups is 1. The van der Waals surface area contributed by atoms with Gasteiger partial charge in [0.2, 0.25) is 5.91 Å². The van der Waals surface area contributed by atoms with Gasteiger partial charge in [-0.3, -0.25) is 9.69 Å². The highest BCUT2D eigenvalue weighted by molar-refractivity contribution is 5.77. The van der Waals surface area contributed by atoms with Crippen LogP contribution in [0.2, 0.25) is 0 Å². The van der Waals surface area contributed by atoms with Gasteiger partial charge in [-0.15, -0.1) is 0 Å². The molecule has 0 bridgehead atoms. The van der Waals surface area contributed by atoms with Crippen LogP contribution in [0, 0.1) is 11.8 Å². The Hall–Kier alpha value is -0.780. The molecule has 1 saturated heterocycles. The molecule has 0 spiro atoms. The average molecular weight is 224 g/mol. The van der Waals surface area contributed by atoms with Gasteiger partial charge in [0.1, 0.15) is 0 Å². The highest BCUT2D eigenvalue weighted by Gasteiger charge is 2.51. The molecule has 1 aliphatic heterocycles. The molecule has 0 aromatic heterocycles. The lowest BCUT2D eigenvalue weighted by Gasteiger charge is -2.20. The van der Waals surface area contributed by atoms with Gasteiger partial charge in [-0.05, 0) is 13.8 Å². The van der Waals surface area contributed by atoms with Crippen LogP contribution in [0.1, 0.15) is 13.8 Å². The Bertz CT molecular complexity index is 252. The molecular weight excluding hydrogens is 209 g/mol. The molecule has 0 aromatic carbocycles. The van der Waals surface area contributed by atoms with E-state index in [1.54, 1.807) is 18.7 Å². The van der Waals surface area contributed by atoms with Gasteiger partial charge in [0, 0.05) is 19.1 Å². The van der Waals surface area contributed by atoms with Crippen LogP contribution in [0.25, 0.3) is 0 Å². The molecule has 15 heavy (non-hydrogen) atoms. The molecule has 6 heteroatoms. The topological polar surface area (TPSA) is 46.3 Å². The van der Waals surface area contributed by atoms with E-state index in [1.165, 1.54) is 0 Å². The average Bonchev–Trinajstić information content (AvgIpc) is 2.45. The van der Waals surface area contributed by atoms with E-state index in [0.29, 0.717) is 0 Å². The van der Waals surface area contributed by atoms with Crippen molar-refractivity contribution in [3.05, 3.63) is 0 Å². The lowest BCUT2D eigenvalue weighted by atomic mass is 9.95. The second-order valence-electron chi connectivity index (χ2n) is 4.20. The van der Waals surface area contributed by atoms with E-state index in [4.69, 9.17) is 5.73 Å². The van der Waals surface area contributed by atoms with Gasteiger partial charge in [-0.25, -0.2) is 0 Å². The fourth-order valence-electron chi connectivity index (χ4n) is 1.88. The first-order valence-corrected chi connectivity index (χ1v) is 4.83. The zero-order valence-electron chi connectivity index (χ0n) is 8.71. The summed E-state index contributed by atoms with van der Waals surface area (Å²) >= 11 is 0. The number of carbonyl (C=O) groups excluding carboxylic acids is 1. The van der Waals surface area contributed by atoms with E-state index in [0.717, 1.165) is 0 Å². The van der Waals surface area contributed by atoms with Crippen molar-refractivity contribution < 1.29 is 18.0 Å².